The smallest absolute Gasteiger partial charge is 0.255 e. The van der Waals surface area contributed by atoms with Crippen molar-refractivity contribution in [2.75, 3.05) is 35.4 Å². The van der Waals surface area contributed by atoms with E-state index in [1.54, 1.807) is 24.3 Å². The Labute approximate surface area is 153 Å². The molecule has 0 saturated heterocycles. The van der Waals surface area contributed by atoms with Crippen molar-refractivity contribution in [1.82, 2.24) is 0 Å². The molecule has 3 aromatic carbocycles. The third-order valence-corrected chi connectivity index (χ3v) is 4.03. The average molecular weight is 346 g/mol. The molecular formula is C21H22N4O. The van der Waals surface area contributed by atoms with Crippen molar-refractivity contribution in [3.8, 4) is 0 Å². The molecule has 0 aromatic heterocycles. The van der Waals surface area contributed by atoms with Gasteiger partial charge in [-0.15, -0.1) is 0 Å². The molecule has 0 aliphatic carbocycles. The first-order valence-electron chi connectivity index (χ1n) is 8.33. The predicted octanol–water partition coefficient (Wildman–Crippen LogP) is 4.33. The summed E-state index contributed by atoms with van der Waals surface area (Å²) in [6.45, 7) is 0. The lowest BCUT2D eigenvalue weighted by Gasteiger charge is -2.13. The van der Waals surface area contributed by atoms with E-state index in [2.05, 4.69) is 27.7 Å². The zero-order valence-electron chi connectivity index (χ0n) is 14.9. The van der Waals surface area contributed by atoms with Crippen LogP contribution >= 0.6 is 0 Å². The number of nitrogens with zero attached hydrogens (tertiary/aromatic N) is 1. The number of benzene rings is 3. The van der Waals surface area contributed by atoms with Crippen LogP contribution in [0.4, 0.5) is 28.4 Å². The molecule has 4 N–H and O–H groups in total. The lowest BCUT2D eigenvalue weighted by atomic mass is 10.1. The van der Waals surface area contributed by atoms with E-state index >= 15 is 0 Å². The Morgan fingerprint density at radius 3 is 2.00 bits per heavy atom. The van der Waals surface area contributed by atoms with Crippen molar-refractivity contribution in [3.05, 3.63) is 78.4 Å². The summed E-state index contributed by atoms with van der Waals surface area (Å²) < 4.78 is 0. The summed E-state index contributed by atoms with van der Waals surface area (Å²) in [7, 11) is 4.02. The molecule has 0 aliphatic rings. The summed E-state index contributed by atoms with van der Waals surface area (Å²) in [5.41, 5.74) is 10.6. The van der Waals surface area contributed by atoms with Gasteiger partial charge in [0.2, 0.25) is 0 Å². The number of carbonyl (C=O) groups excluding carboxylic acids is 1. The zero-order valence-corrected chi connectivity index (χ0v) is 14.9. The molecule has 0 atom stereocenters. The maximum atomic E-state index is 12.3. The molecule has 0 aliphatic heterocycles. The normalized spacial score (nSPS) is 10.2. The predicted molar refractivity (Wildman–Crippen MR) is 109 cm³/mol. The SMILES string of the molecule is CN(C)c1ccc(Nc2ccc(C(=O)Nc3ccccc3N)cc2)cc1. The van der Waals surface area contributed by atoms with Crippen molar-refractivity contribution >= 4 is 34.3 Å². The number of anilines is 5. The van der Waals surface area contributed by atoms with Crippen LogP contribution in [-0.4, -0.2) is 20.0 Å². The highest BCUT2D eigenvalue weighted by Gasteiger charge is 2.08. The summed E-state index contributed by atoms with van der Waals surface area (Å²) in [6, 6.07) is 22.7. The lowest BCUT2D eigenvalue weighted by Crippen LogP contribution is -2.13. The number of hydrogen-bond donors (Lipinski definition) is 3. The Balaban J connectivity index is 1.66. The molecule has 132 valence electrons. The quantitative estimate of drug-likeness (QED) is 0.601. The van der Waals surface area contributed by atoms with Crippen LogP contribution in [-0.2, 0) is 0 Å². The van der Waals surface area contributed by atoms with Crippen LogP contribution < -0.4 is 21.3 Å². The number of nitrogens with one attached hydrogen (secondary N) is 2. The van der Waals surface area contributed by atoms with Crippen LogP contribution in [0.2, 0.25) is 0 Å². The third kappa shape index (κ3) is 4.13. The molecule has 26 heavy (non-hydrogen) atoms. The van der Waals surface area contributed by atoms with E-state index in [-0.39, 0.29) is 5.91 Å². The van der Waals surface area contributed by atoms with Crippen molar-refractivity contribution in [3.63, 3.8) is 0 Å². The highest BCUT2D eigenvalue weighted by atomic mass is 16.1. The topological polar surface area (TPSA) is 70.4 Å². The van der Waals surface area contributed by atoms with Crippen molar-refractivity contribution in [2.24, 2.45) is 0 Å². The summed E-state index contributed by atoms with van der Waals surface area (Å²) in [6.07, 6.45) is 0. The Kier molecular flexibility index (Phi) is 5.08. The molecule has 0 unspecified atom stereocenters. The van der Waals surface area contributed by atoms with Crippen molar-refractivity contribution in [2.45, 2.75) is 0 Å². The van der Waals surface area contributed by atoms with Gasteiger partial charge in [0.1, 0.15) is 0 Å². The van der Waals surface area contributed by atoms with Crippen LogP contribution in [0, 0.1) is 0 Å². The van der Waals surface area contributed by atoms with Crippen molar-refractivity contribution in [1.29, 1.82) is 0 Å². The fraction of sp³-hybridized carbons (Fsp3) is 0.0952. The molecular weight excluding hydrogens is 324 g/mol. The van der Waals surface area contributed by atoms with E-state index in [0.29, 0.717) is 16.9 Å². The number of nitrogen functional groups attached to an aromatic ring is 1. The maximum Gasteiger partial charge on any atom is 0.255 e. The summed E-state index contributed by atoms with van der Waals surface area (Å²) in [4.78, 5) is 14.4. The van der Waals surface area contributed by atoms with E-state index in [9.17, 15) is 4.79 Å². The van der Waals surface area contributed by atoms with Crippen LogP contribution in [0.3, 0.4) is 0 Å². The second kappa shape index (κ2) is 7.61. The maximum absolute atomic E-state index is 12.3. The second-order valence-electron chi connectivity index (χ2n) is 6.19. The molecule has 3 aromatic rings. The zero-order chi connectivity index (χ0) is 18.5. The van der Waals surface area contributed by atoms with Gasteiger partial charge in [0, 0.05) is 36.7 Å². The molecule has 5 nitrogen and oxygen atoms in total. The number of para-hydroxylation sites is 2. The van der Waals surface area contributed by atoms with Crippen LogP contribution in [0.25, 0.3) is 0 Å². The molecule has 0 heterocycles. The van der Waals surface area contributed by atoms with Gasteiger partial charge >= 0.3 is 0 Å². The third-order valence-electron chi connectivity index (χ3n) is 4.03. The van der Waals surface area contributed by atoms with Gasteiger partial charge in [0.05, 0.1) is 11.4 Å². The first-order valence-corrected chi connectivity index (χ1v) is 8.33. The largest absolute Gasteiger partial charge is 0.397 e. The molecule has 0 fully saturated rings. The first kappa shape index (κ1) is 17.4. The van der Waals surface area contributed by atoms with Gasteiger partial charge in [-0.2, -0.15) is 0 Å². The van der Waals surface area contributed by atoms with E-state index < -0.39 is 0 Å². The van der Waals surface area contributed by atoms with Gasteiger partial charge in [-0.1, -0.05) is 12.1 Å². The number of amides is 1. The fourth-order valence-corrected chi connectivity index (χ4v) is 2.52. The van der Waals surface area contributed by atoms with E-state index in [1.807, 2.05) is 50.5 Å². The van der Waals surface area contributed by atoms with E-state index in [4.69, 9.17) is 5.73 Å². The Morgan fingerprint density at radius 2 is 1.42 bits per heavy atom. The van der Waals surface area contributed by atoms with Gasteiger partial charge in [0.15, 0.2) is 0 Å². The molecule has 1 amide bonds. The van der Waals surface area contributed by atoms with Crippen molar-refractivity contribution < 1.29 is 4.79 Å². The lowest BCUT2D eigenvalue weighted by molar-refractivity contribution is 0.102. The summed E-state index contributed by atoms with van der Waals surface area (Å²) >= 11 is 0. The van der Waals surface area contributed by atoms with E-state index in [0.717, 1.165) is 17.1 Å². The minimum absolute atomic E-state index is 0.190. The highest BCUT2D eigenvalue weighted by Crippen LogP contribution is 2.21. The average Bonchev–Trinajstić information content (AvgIpc) is 2.64. The molecule has 0 spiro atoms. The molecule has 0 bridgehead atoms. The number of nitrogens with two attached hydrogens (primary N) is 1. The second-order valence-corrected chi connectivity index (χ2v) is 6.19. The molecule has 0 saturated carbocycles. The van der Waals surface area contributed by atoms with Gasteiger partial charge in [-0.25, -0.2) is 0 Å². The molecule has 3 rings (SSSR count). The summed E-state index contributed by atoms with van der Waals surface area (Å²) in [5, 5.41) is 6.15. The number of hydrogen-bond acceptors (Lipinski definition) is 4. The minimum atomic E-state index is -0.190. The van der Waals surface area contributed by atoms with Crippen LogP contribution in [0.1, 0.15) is 10.4 Å². The highest BCUT2D eigenvalue weighted by molar-refractivity contribution is 6.05. The Hall–Kier alpha value is -3.47. The first-order chi connectivity index (χ1) is 12.5. The fourth-order valence-electron chi connectivity index (χ4n) is 2.52. The number of rotatable bonds is 5. The van der Waals surface area contributed by atoms with Gasteiger partial charge in [-0.05, 0) is 60.7 Å². The van der Waals surface area contributed by atoms with Gasteiger partial charge < -0.3 is 21.3 Å². The number of carbonyl (C=O) groups is 1. The van der Waals surface area contributed by atoms with Crippen LogP contribution in [0.15, 0.2) is 72.8 Å². The van der Waals surface area contributed by atoms with Gasteiger partial charge in [0.25, 0.3) is 5.91 Å². The monoisotopic (exact) mass is 346 g/mol. The van der Waals surface area contributed by atoms with Gasteiger partial charge in [-0.3, -0.25) is 4.79 Å². The molecule has 5 heteroatoms. The van der Waals surface area contributed by atoms with E-state index in [1.165, 1.54) is 0 Å². The Bertz CT molecular complexity index is 887. The Morgan fingerprint density at radius 1 is 0.846 bits per heavy atom. The molecule has 0 radical (unpaired) electrons. The summed E-state index contributed by atoms with van der Waals surface area (Å²) in [5.74, 6) is -0.190. The standard InChI is InChI=1S/C21H22N4O/c1-25(2)18-13-11-17(12-14-18)23-16-9-7-15(8-10-16)21(26)24-20-6-4-3-5-19(20)22/h3-14,23H,22H2,1-2H3,(H,24,26). The van der Waals surface area contributed by atoms with Crippen LogP contribution in [0.5, 0.6) is 0 Å². The minimum Gasteiger partial charge on any atom is -0.397 e.